The van der Waals surface area contributed by atoms with E-state index in [0.29, 0.717) is 11.5 Å². The Bertz CT molecular complexity index is 715. The van der Waals surface area contributed by atoms with E-state index in [4.69, 9.17) is 0 Å². The molecule has 0 radical (unpaired) electrons. The first kappa shape index (κ1) is 11.3. The van der Waals surface area contributed by atoms with Gasteiger partial charge in [-0.05, 0) is 24.6 Å². The third kappa shape index (κ3) is 2.25. The average molecular weight is 256 g/mol. The van der Waals surface area contributed by atoms with Crippen LogP contribution in [0.4, 0.5) is 16.3 Å². The highest BCUT2D eigenvalue weighted by Gasteiger charge is 2.06. The first-order valence-electron chi connectivity index (χ1n) is 5.73. The van der Waals surface area contributed by atoms with E-state index in [1.165, 1.54) is 0 Å². The highest BCUT2D eigenvalue weighted by atomic mass is 16.2. The second-order valence-corrected chi connectivity index (χ2v) is 4.17. The number of aromatic nitrogens is 4. The number of nitrogens with one attached hydrogen (secondary N) is 4. The monoisotopic (exact) mass is 256 g/mol. The molecule has 0 bridgehead atoms. The number of H-pyrrole nitrogens is 2. The van der Waals surface area contributed by atoms with Gasteiger partial charge in [-0.15, -0.1) is 0 Å². The summed E-state index contributed by atoms with van der Waals surface area (Å²) in [6, 6.07) is 5.07. The Balaban J connectivity index is 1.79. The van der Waals surface area contributed by atoms with Crippen LogP contribution in [0.2, 0.25) is 0 Å². The lowest BCUT2D eigenvalue weighted by atomic mass is 10.1. The molecule has 2 heterocycles. The molecule has 4 N–H and O–H groups in total. The summed E-state index contributed by atoms with van der Waals surface area (Å²) in [5.41, 5.74) is 2.63. The number of fused-ring (bicyclic) bond motifs is 1. The molecule has 0 spiro atoms. The fourth-order valence-electron chi connectivity index (χ4n) is 1.91. The number of hydrogen-bond donors (Lipinski definition) is 4. The van der Waals surface area contributed by atoms with Crippen LogP contribution < -0.4 is 10.6 Å². The van der Waals surface area contributed by atoms with Crippen LogP contribution in [0.5, 0.6) is 0 Å². The lowest BCUT2D eigenvalue weighted by Gasteiger charge is -2.07. The number of rotatable bonds is 2. The third-order valence-corrected chi connectivity index (χ3v) is 2.77. The van der Waals surface area contributed by atoms with E-state index in [9.17, 15) is 4.79 Å². The van der Waals surface area contributed by atoms with Gasteiger partial charge in [0.25, 0.3) is 0 Å². The number of benzene rings is 1. The number of amides is 2. The van der Waals surface area contributed by atoms with Crippen molar-refractivity contribution in [1.29, 1.82) is 0 Å². The van der Waals surface area contributed by atoms with E-state index in [0.717, 1.165) is 16.5 Å². The van der Waals surface area contributed by atoms with Crippen LogP contribution in [-0.2, 0) is 0 Å². The van der Waals surface area contributed by atoms with Crippen molar-refractivity contribution in [2.45, 2.75) is 6.92 Å². The SMILES string of the molecule is Cc1cc(NC(=O)Nc2ccn[nH]2)cc2[nH]ncc12. The molecular formula is C12H12N6O. The summed E-state index contributed by atoms with van der Waals surface area (Å²) in [4.78, 5) is 11.8. The molecule has 0 aliphatic heterocycles. The van der Waals surface area contributed by atoms with Gasteiger partial charge in [-0.2, -0.15) is 10.2 Å². The fraction of sp³-hybridized carbons (Fsp3) is 0.0833. The molecule has 96 valence electrons. The van der Waals surface area contributed by atoms with Crippen molar-refractivity contribution in [3.63, 3.8) is 0 Å². The van der Waals surface area contributed by atoms with Gasteiger partial charge in [-0.25, -0.2) is 4.79 Å². The summed E-state index contributed by atoms with van der Waals surface area (Å²) in [6.45, 7) is 1.97. The summed E-state index contributed by atoms with van der Waals surface area (Å²) < 4.78 is 0. The fourth-order valence-corrected chi connectivity index (χ4v) is 1.91. The van der Waals surface area contributed by atoms with Crippen LogP contribution in [0.15, 0.2) is 30.6 Å². The molecule has 7 nitrogen and oxygen atoms in total. The Hall–Kier alpha value is -2.83. The van der Waals surface area contributed by atoms with Crippen molar-refractivity contribution in [3.8, 4) is 0 Å². The predicted molar refractivity (Wildman–Crippen MR) is 72.1 cm³/mol. The molecule has 0 atom stereocenters. The molecule has 2 aromatic heterocycles. The summed E-state index contributed by atoms with van der Waals surface area (Å²) in [7, 11) is 0. The normalized spacial score (nSPS) is 10.6. The Morgan fingerprint density at radius 1 is 1.21 bits per heavy atom. The third-order valence-electron chi connectivity index (χ3n) is 2.77. The maximum absolute atomic E-state index is 11.8. The summed E-state index contributed by atoms with van der Waals surface area (Å²) >= 11 is 0. The molecule has 0 fully saturated rings. The van der Waals surface area contributed by atoms with Gasteiger partial charge >= 0.3 is 6.03 Å². The maximum Gasteiger partial charge on any atom is 0.324 e. The molecule has 0 saturated heterocycles. The number of aryl methyl sites for hydroxylation is 1. The van der Waals surface area contributed by atoms with Gasteiger partial charge in [0.15, 0.2) is 0 Å². The number of urea groups is 1. The molecule has 1 aromatic carbocycles. The van der Waals surface area contributed by atoms with Crippen molar-refractivity contribution in [1.82, 2.24) is 20.4 Å². The molecule has 0 aliphatic carbocycles. The minimum atomic E-state index is -0.331. The Labute approximate surface area is 108 Å². The van der Waals surface area contributed by atoms with E-state index in [1.807, 2.05) is 19.1 Å². The predicted octanol–water partition coefficient (Wildman–Crippen LogP) is 2.24. The van der Waals surface area contributed by atoms with E-state index < -0.39 is 0 Å². The number of carbonyl (C=O) groups excluding carboxylic acids is 1. The Morgan fingerprint density at radius 3 is 2.89 bits per heavy atom. The second kappa shape index (κ2) is 4.45. The van der Waals surface area contributed by atoms with Gasteiger partial charge in [0.1, 0.15) is 5.82 Å². The van der Waals surface area contributed by atoms with Crippen LogP contribution in [0.1, 0.15) is 5.56 Å². The van der Waals surface area contributed by atoms with Crippen molar-refractivity contribution in [2.75, 3.05) is 10.6 Å². The second-order valence-electron chi connectivity index (χ2n) is 4.17. The molecule has 3 aromatic rings. The summed E-state index contributed by atoms with van der Waals surface area (Å²) in [6.07, 6.45) is 3.33. The standard InChI is InChI=1S/C12H12N6O/c1-7-4-8(5-10-9(7)6-14-17-10)15-12(19)16-11-2-3-13-18-11/h2-6H,1H3,(H,14,17)(H3,13,15,16,18,19). The number of nitrogens with zero attached hydrogens (tertiary/aromatic N) is 2. The van der Waals surface area contributed by atoms with Gasteiger partial charge in [-0.3, -0.25) is 15.5 Å². The smallest absolute Gasteiger partial charge is 0.308 e. The van der Waals surface area contributed by atoms with E-state index in [-0.39, 0.29) is 6.03 Å². The zero-order valence-corrected chi connectivity index (χ0v) is 10.2. The van der Waals surface area contributed by atoms with Crippen LogP contribution in [0.3, 0.4) is 0 Å². The first-order valence-corrected chi connectivity index (χ1v) is 5.73. The molecular weight excluding hydrogens is 244 g/mol. The average Bonchev–Trinajstić information content (AvgIpc) is 2.99. The van der Waals surface area contributed by atoms with Crippen LogP contribution in [0.25, 0.3) is 10.9 Å². The quantitative estimate of drug-likeness (QED) is 0.565. The van der Waals surface area contributed by atoms with E-state index in [1.54, 1.807) is 18.5 Å². The van der Waals surface area contributed by atoms with E-state index in [2.05, 4.69) is 31.0 Å². The van der Waals surface area contributed by atoms with Gasteiger partial charge in [0.05, 0.1) is 17.9 Å². The molecule has 19 heavy (non-hydrogen) atoms. The maximum atomic E-state index is 11.8. The van der Waals surface area contributed by atoms with Crippen molar-refractivity contribution in [3.05, 3.63) is 36.2 Å². The topological polar surface area (TPSA) is 98.5 Å². The number of aromatic amines is 2. The van der Waals surface area contributed by atoms with Gasteiger partial charge in [0, 0.05) is 17.1 Å². The molecule has 0 aliphatic rings. The minimum Gasteiger partial charge on any atom is -0.308 e. The lowest BCUT2D eigenvalue weighted by Crippen LogP contribution is -2.19. The lowest BCUT2D eigenvalue weighted by molar-refractivity contribution is 0.262. The van der Waals surface area contributed by atoms with Gasteiger partial charge in [0.2, 0.25) is 0 Å². The van der Waals surface area contributed by atoms with Crippen LogP contribution in [-0.4, -0.2) is 26.4 Å². The Morgan fingerprint density at radius 2 is 2.11 bits per heavy atom. The van der Waals surface area contributed by atoms with Crippen molar-refractivity contribution in [2.24, 2.45) is 0 Å². The molecule has 0 unspecified atom stereocenters. The molecule has 7 heteroatoms. The number of anilines is 2. The van der Waals surface area contributed by atoms with Gasteiger partial charge < -0.3 is 5.32 Å². The summed E-state index contributed by atoms with van der Waals surface area (Å²) in [5.74, 6) is 0.539. The first-order chi connectivity index (χ1) is 9.22. The minimum absolute atomic E-state index is 0.331. The molecule has 0 saturated carbocycles. The van der Waals surface area contributed by atoms with E-state index >= 15 is 0 Å². The molecule has 2 amide bonds. The number of hydrogen-bond acceptors (Lipinski definition) is 3. The highest BCUT2D eigenvalue weighted by Crippen LogP contribution is 2.21. The zero-order valence-electron chi connectivity index (χ0n) is 10.2. The van der Waals surface area contributed by atoms with Crippen LogP contribution in [0, 0.1) is 6.92 Å². The number of carbonyl (C=O) groups is 1. The largest absolute Gasteiger partial charge is 0.324 e. The van der Waals surface area contributed by atoms with Crippen molar-refractivity contribution < 1.29 is 4.79 Å². The van der Waals surface area contributed by atoms with Crippen LogP contribution >= 0.6 is 0 Å². The van der Waals surface area contributed by atoms with Crippen molar-refractivity contribution >= 4 is 28.4 Å². The molecule has 3 rings (SSSR count). The van der Waals surface area contributed by atoms with Gasteiger partial charge in [-0.1, -0.05) is 0 Å². The highest BCUT2D eigenvalue weighted by molar-refractivity contribution is 6.00. The summed E-state index contributed by atoms with van der Waals surface area (Å²) in [5, 5.41) is 19.7. The zero-order chi connectivity index (χ0) is 13.2. The Kier molecular flexibility index (Phi) is 2.64.